The molecule has 0 saturated carbocycles. The van der Waals surface area contributed by atoms with Gasteiger partial charge in [0.1, 0.15) is 0 Å². The van der Waals surface area contributed by atoms with Crippen molar-refractivity contribution in [1.82, 2.24) is 15.3 Å². The third-order valence-corrected chi connectivity index (χ3v) is 3.69. The van der Waals surface area contributed by atoms with Crippen LogP contribution in [0.5, 0.6) is 0 Å². The fourth-order valence-corrected chi connectivity index (χ4v) is 2.48. The van der Waals surface area contributed by atoms with Gasteiger partial charge in [0.15, 0.2) is 0 Å². The van der Waals surface area contributed by atoms with E-state index in [1.807, 2.05) is 30.5 Å². The molecule has 0 aromatic carbocycles. The second-order valence-electron chi connectivity index (χ2n) is 4.30. The lowest BCUT2D eigenvalue weighted by atomic mass is 10.2. The molecule has 0 unspecified atom stereocenters. The number of nitrogens with one attached hydrogen (secondary N) is 1. The summed E-state index contributed by atoms with van der Waals surface area (Å²) in [7, 11) is 0. The number of thiazole rings is 1. The first-order valence-corrected chi connectivity index (χ1v) is 7.19. The van der Waals surface area contributed by atoms with Gasteiger partial charge in [0.05, 0.1) is 5.01 Å². The van der Waals surface area contributed by atoms with Gasteiger partial charge in [0, 0.05) is 42.4 Å². The average molecular weight is 275 g/mol. The van der Waals surface area contributed by atoms with Crippen LogP contribution in [0.15, 0.2) is 29.8 Å². The van der Waals surface area contributed by atoms with Gasteiger partial charge >= 0.3 is 0 Å². The van der Waals surface area contributed by atoms with Gasteiger partial charge in [0.25, 0.3) is 0 Å². The Kier molecular flexibility index (Phi) is 5.03. The molecule has 0 fully saturated rings. The molecule has 0 atom stereocenters. The maximum Gasteiger partial charge on any atom is 0.220 e. The highest BCUT2D eigenvalue weighted by Gasteiger charge is 2.03. The Labute approximate surface area is 116 Å². The SMILES string of the molecule is Cc1csc(CCNC(=O)CCc2ccccn2)n1. The molecule has 5 heteroatoms. The number of hydrogen-bond donors (Lipinski definition) is 1. The molecule has 2 aromatic rings. The van der Waals surface area contributed by atoms with Crippen molar-refractivity contribution in [3.05, 3.63) is 46.2 Å². The molecule has 0 aliphatic carbocycles. The molecule has 1 N–H and O–H groups in total. The number of carbonyl (C=O) groups excluding carboxylic acids is 1. The van der Waals surface area contributed by atoms with Crippen LogP contribution in [-0.2, 0) is 17.6 Å². The van der Waals surface area contributed by atoms with Gasteiger partial charge in [-0.15, -0.1) is 11.3 Å². The van der Waals surface area contributed by atoms with Crippen molar-refractivity contribution in [3.63, 3.8) is 0 Å². The van der Waals surface area contributed by atoms with Gasteiger partial charge in [-0.1, -0.05) is 6.07 Å². The molecule has 2 heterocycles. The van der Waals surface area contributed by atoms with Crippen LogP contribution in [0.25, 0.3) is 0 Å². The summed E-state index contributed by atoms with van der Waals surface area (Å²) < 4.78 is 0. The minimum atomic E-state index is 0.0685. The fourth-order valence-electron chi connectivity index (χ4n) is 1.70. The highest BCUT2D eigenvalue weighted by atomic mass is 32.1. The van der Waals surface area contributed by atoms with E-state index in [-0.39, 0.29) is 5.91 Å². The quantitative estimate of drug-likeness (QED) is 0.878. The van der Waals surface area contributed by atoms with Gasteiger partial charge in [-0.2, -0.15) is 0 Å². The molecule has 19 heavy (non-hydrogen) atoms. The van der Waals surface area contributed by atoms with Crippen LogP contribution in [0.4, 0.5) is 0 Å². The Hall–Kier alpha value is -1.75. The van der Waals surface area contributed by atoms with Crippen LogP contribution in [0.1, 0.15) is 22.8 Å². The smallest absolute Gasteiger partial charge is 0.220 e. The second kappa shape index (κ2) is 6.99. The summed E-state index contributed by atoms with van der Waals surface area (Å²) in [5.41, 5.74) is 2.00. The summed E-state index contributed by atoms with van der Waals surface area (Å²) in [6.45, 7) is 2.62. The number of rotatable bonds is 6. The van der Waals surface area contributed by atoms with E-state index in [1.54, 1.807) is 17.5 Å². The lowest BCUT2D eigenvalue weighted by Crippen LogP contribution is -2.25. The fraction of sp³-hybridized carbons (Fsp3) is 0.357. The minimum Gasteiger partial charge on any atom is -0.356 e. The number of aryl methyl sites for hydroxylation is 2. The van der Waals surface area contributed by atoms with E-state index >= 15 is 0 Å². The van der Waals surface area contributed by atoms with Crippen LogP contribution in [0, 0.1) is 6.92 Å². The first-order chi connectivity index (χ1) is 9.24. The largest absolute Gasteiger partial charge is 0.356 e. The molecular weight excluding hydrogens is 258 g/mol. The number of hydrogen-bond acceptors (Lipinski definition) is 4. The van der Waals surface area contributed by atoms with Crippen molar-refractivity contribution in [2.45, 2.75) is 26.2 Å². The Morgan fingerprint density at radius 1 is 1.37 bits per heavy atom. The van der Waals surface area contributed by atoms with Crippen molar-refractivity contribution < 1.29 is 4.79 Å². The zero-order valence-electron chi connectivity index (χ0n) is 10.9. The van der Waals surface area contributed by atoms with E-state index in [0.717, 1.165) is 22.8 Å². The highest BCUT2D eigenvalue weighted by Crippen LogP contribution is 2.08. The maximum atomic E-state index is 11.7. The summed E-state index contributed by atoms with van der Waals surface area (Å²) in [6.07, 6.45) is 3.71. The number of carbonyl (C=O) groups is 1. The van der Waals surface area contributed by atoms with Crippen LogP contribution in [0.3, 0.4) is 0 Å². The van der Waals surface area contributed by atoms with Crippen molar-refractivity contribution in [2.75, 3.05) is 6.54 Å². The number of amides is 1. The Bertz CT molecular complexity index is 524. The standard InChI is InChI=1S/C14H17N3OS/c1-11-10-19-14(17-11)7-9-16-13(18)6-5-12-4-2-3-8-15-12/h2-4,8,10H,5-7,9H2,1H3,(H,16,18). The molecule has 0 saturated heterocycles. The third kappa shape index (κ3) is 4.79. The van der Waals surface area contributed by atoms with E-state index in [2.05, 4.69) is 15.3 Å². The van der Waals surface area contributed by atoms with E-state index in [4.69, 9.17) is 0 Å². The monoisotopic (exact) mass is 275 g/mol. The lowest BCUT2D eigenvalue weighted by Gasteiger charge is -2.03. The Morgan fingerprint density at radius 3 is 2.95 bits per heavy atom. The molecule has 1 amide bonds. The van der Waals surface area contributed by atoms with E-state index in [9.17, 15) is 4.79 Å². The van der Waals surface area contributed by atoms with Crippen LogP contribution < -0.4 is 5.32 Å². The first kappa shape index (κ1) is 13.7. The van der Waals surface area contributed by atoms with E-state index < -0.39 is 0 Å². The predicted octanol–water partition coefficient (Wildman–Crippen LogP) is 2.14. The van der Waals surface area contributed by atoms with E-state index in [0.29, 0.717) is 19.4 Å². The van der Waals surface area contributed by atoms with Crippen LogP contribution in [-0.4, -0.2) is 22.4 Å². The van der Waals surface area contributed by atoms with Crippen molar-refractivity contribution in [2.24, 2.45) is 0 Å². The molecule has 0 aliphatic rings. The Morgan fingerprint density at radius 2 is 2.26 bits per heavy atom. The average Bonchev–Trinajstić information content (AvgIpc) is 2.83. The van der Waals surface area contributed by atoms with Gasteiger partial charge in [-0.25, -0.2) is 4.98 Å². The van der Waals surface area contributed by atoms with Gasteiger partial charge in [0.2, 0.25) is 5.91 Å². The van der Waals surface area contributed by atoms with Gasteiger partial charge < -0.3 is 5.32 Å². The molecule has 0 spiro atoms. The first-order valence-electron chi connectivity index (χ1n) is 6.31. The third-order valence-electron chi connectivity index (χ3n) is 2.66. The van der Waals surface area contributed by atoms with Crippen molar-refractivity contribution >= 4 is 17.2 Å². The zero-order valence-corrected chi connectivity index (χ0v) is 11.7. The molecular formula is C14H17N3OS. The lowest BCUT2D eigenvalue weighted by molar-refractivity contribution is -0.121. The van der Waals surface area contributed by atoms with Gasteiger partial charge in [-0.3, -0.25) is 9.78 Å². The normalized spacial score (nSPS) is 10.4. The number of pyridine rings is 1. The number of aromatic nitrogens is 2. The second-order valence-corrected chi connectivity index (χ2v) is 5.25. The molecule has 0 bridgehead atoms. The Balaban J connectivity index is 1.65. The molecule has 100 valence electrons. The van der Waals surface area contributed by atoms with Gasteiger partial charge in [-0.05, 0) is 25.5 Å². The maximum absolute atomic E-state index is 11.7. The van der Waals surface area contributed by atoms with Crippen LogP contribution in [0.2, 0.25) is 0 Å². The predicted molar refractivity (Wildman–Crippen MR) is 76.1 cm³/mol. The topological polar surface area (TPSA) is 54.9 Å². The van der Waals surface area contributed by atoms with Crippen molar-refractivity contribution in [3.8, 4) is 0 Å². The molecule has 4 nitrogen and oxygen atoms in total. The molecule has 0 aliphatic heterocycles. The molecule has 2 rings (SSSR count). The highest BCUT2D eigenvalue weighted by molar-refractivity contribution is 7.09. The zero-order chi connectivity index (χ0) is 13.5. The summed E-state index contributed by atoms with van der Waals surface area (Å²) >= 11 is 1.64. The summed E-state index contributed by atoms with van der Waals surface area (Å²) in [5.74, 6) is 0.0685. The van der Waals surface area contributed by atoms with Crippen LogP contribution >= 0.6 is 11.3 Å². The summed E-state index contributed by atoms with van der Waals surface area (Å²) in [4.78, 5) is 20.2. The molecule has 0 radical (unpaired) electrons. The van der Waals surface area contributed by atoms with E-state index in [1.165, 1.54) is 0 Å². The van der Waals surface area contributed by atoms with Crippen molar-refractivity contribution in [1.29, 1.82) is 0 Å². The summed E-state index contributed by atoms with van der Waals surface area (Å²) in [5, 5.41) is 6.01. The minimum absolute atomic E-state index is 0.0685. The summed E-state index contributed by atoms with van der Waals surface area (Å²) in [6, 6.07) is 5.75. The number of nitrogens with zero attached hydrogens (tertiary/aromatic N) is 2. The molecule has 2 aromatic heterocycles.